The second-order valence-corrected chi connectivity index (χ2v) is 6.00. The molecule has 1 aliphatic carbocycles. The highest BCUT2D eigenvalue weighted by molar-refractivity contribution is 6.42. The summed E-state index contributed by atoms with van der Waals surface area (Å²) in [5, 5.41) is 23.0. The van der Waals surface area contributed by atoms with Crippen molar-refractivity contribution in [2.75, 3.05) is 19.7 Å². The molecule has 1 saturated carbocycles. The standard InChI is InChI=1S/C14H19Cl2NO3/c15-13-2-1-12(5-14(13)16)20-8-11(19)7-17-6-9-3-10(18)4-9/h1-2,5,9-11,17-19H,3-4,6-8H2. The quantitative estimate of drug-likeness (QED) is 0.720. The van der Waals surface area contributed by atoms with Crippen LogP contribution >= 0.6 is 23.2 Å². The molecule has 112 valence electrons. The predicted octanol–water partition coefficient (Wildman–Crippen LogP) is 2.09. The molecule has 1 aliphatic rings. The van der Waals surface area contributed by atoms with Crippen LogP contribution in [0.3, 0.4) is 0 Å². The first-order valence-corrected chi connectivity index (χ1v) is 7.45. The third-order valence-corrected chi connectivity index (χ3v) is 4.10. The van der Waals surface area contributed by atoms with Gasteiger partial charge in [0, 0.05) is 12.6 Å². The van der Waals surface area contributed by atoms with Crippen LogP contribution in [0.25, 0.3) is 0 Å². The monoisotopic (exact) mass is 319 g/mol. The van der Waals surface area contributed by atoms with Crippen molar-refractivity contribution < 1.29 is 14.9 Å². The first kappa shape index (κ1) is 15.9. The fourth-order valence-corrected chi connectivity index (χ4v) is 2.43. The van der Waals surface area contributed by atoms with E-state index in [-0.39, 0.29) is 12.7 Å². The van der Waals surface area contributed by atoms with Crippen LogP contribution in [-0.4, -0.2) is 42.1 Å². The number of aliphatic hydroxyl groups excluding tert-OH is 2. The number of nitrogens with one attached hydrogen (secondary N) is 1. The Morgan fingerprint density at radius 1 is 1.30 bits per heavy atom. The van der Waals surface area contributed by atoms with Crippen LogP contribution in [0.15, 0.2) is 18.2 Å². The molecule has 0 heterocycles. The summed E-state index contributed by atoms with van der Waals surface area (Å²) in [5.41, 5.74) is 0. The number of hydrogen-bond donors (Lipinski definition) is 3. The van der Waals surface area contributed by atoms with E-state index in [0.29, 0.717) is 28.3 Å². The first-order chi connectivity index (χ1) is 9.54. The molecule has 1 aromatic rings. The lowest BCUT2D eigenvalue weighted by molar-refractivity contribution is 0.0400. The van der Waals surface area contributed by atoms with E-state index in [9.17, 15) is 5.11 Å². The van der Waals surface area contributed by atoms with Gasteiger partial charge in [0.2, 0.25) is 0 Å². The fraction of sp³-hybridized carbons (Fsp3) is 0.571. The Morgan fingerprint density at radius 3 is 2.70 bits per heavy atom. The number of rotatable bonds is 7. The lowest BCUT2D eigenvalue weighted by atomic mass is 9.82. The molecule has 1 unspecified atom stereocenters. The van der Waals surface area contributed by atoms with Crippen LogP contribution < -0.4 is 10.1 Å². The van der Waals surface area contributed by atoms with Gasteiger partial charge < -0.3 is 20.3 Å². The van der Waals surface area contributed by atoms with Crippen molar-refractivity contribution in [1.29, 1.82) is 0 Å². The minimum atomic E-state index is -0.588. The molecule has 0 saturated heterocycles. The van der Waals surface area contributed by atoms with Gasteiger partial charge in [-0.3, -0.25) is 0 Å². The number of hydrogen-bond acceptors (Lipinski definition) is 4. The van der Waals surface area contributed by atoms with Crippen molar-refractivity contribution >= 4 is 23.2 Å². The molecule has 0 aliphatic heterocycles. The smallest absolute Gasteiger partial charge is 0.121 e. The second-order valence-electron chi connectivity index (χ2n) is 5.19. The van der Waals surface area contributed by atoms with Crippen molar-refractivity contribution in [3.05, 3.63) is 28.2 Å². The summed E-state index contributed by atoms with van der Waals surface area (Å²) in [6.45, 7) is 1.48. The van der Waals surface area contributed by atoms with Gasteiger partial charge in [-0.05, 0) is 37.4 Å². The molecule has 1 aromatic carbocycles. The second kappa shape index (κ2) is 7.48. The lowest BCUT2D eigenvalue weighted by Gasteiger charge is -2.31. The Kier molecular flexibility index (Phi) is 5.93. The number of ether oxygens (including phenoxy) is 1. The molecule has 0 bridgehead atoms. The van der Waals surface area contributed by atoms with Crippen LogP contribution in [-0.2, 0) is 0 Å². The van der Waals surface area contributed by atoms with Crippen LogP contribution in [0.2, 0.25) is 10.0 Å². The van der Waals surface area contributed by atoms with Gasteiger partial charge in [0.1, 0.15) is 18.5 Å². The van der Waals surface area contributed by atoms with E-state index < -0.39 is 6.10 Å². The predicted molar refractivity (Wildman–Crippen MR) is 79.6 cm³/mol. The van der Waals surface area contributed by atoms with E-state index in [2.05, 4.69) is 5.32 Å². The Labute approximate surface area is 128 Å². The minimum absolute atomic E-state index is 0.135. The summed E-state index contributed by atoms with van der Waals surface area (Å²) in [5.74, 6) is 1.11. The van der Waals surface area contributed by atoms with Gasteiger partial charge >= 0.3 is 0 Å². The van der Waals surface area contributed by atoms with Gasteiger partial charge in [-0.2, -0.15) is 0 Å². The number of benzene rings is 1. The molecule has 0 radical (unpaired) electrons. The van der Waals surface area contributed by atoms with Gasteiger partial charge in [-0.1, -0.05) is 23.2 Å². The SMILES string of the molecule is OC(CNCC1CC(O)C1)COc1ccc(Cl)c(Cl)c1. The van der Waals surface area contributed by atoms with Gasteiger partial charge in [0.05, 0.1) is 16.1 Å². The maximum absolute atomic E-state index is 9.79. The Bertz CT molecular complexity index is 438. The molecule has 6 heteroatoms. The molecule has 20 heavy (non-hydrogen) atoms. The van der Waals surface area contributed by atoms with Crippen LogP contribution in [0.4, 0.5) is 0 Å². The fourth-order valence-electron chi connectivity index (χ4n) is 2.14. The molecular formula is C14H19Cl2NO3. The van der Waals surface area contributed by atoms with Crippen LogP contribution in [0, 0.1) is 5.92 Å². The molecular weight excluding hydrogens is 301 g/mol. The van der Waals surface area contributed by atoms with Gasteiger partial charge in [0.25, 0.3) is 0 Å². The molecule has 3 N–H and O–H groups in total. The van der Waals surface area contributed by atoms with Gasteiger partial charge in [-0.15, -0.1) is 0 Å². The number of aliphatic hydroxyl groups is 2. The maximum atomic E-state index is 9.79. The minimum Gasteiger partial charge on any atom is -0.491 e. The largest absolute Gasteiger partial charge is 0.491 e. The van der Waals surface area contributed by atoms with Crippen molar-refractivity contribution in [2.24, 2.45) is 5.92 Å². The molecule has 0 spiro atoms. The Hall–Kier alpha value is -0.520. The zero-order valence-corrected chi connectivity index (χ0v) is 12.6. The molecule has 1 atom stereocenters. The normalized spacial score (nSPS) is 23.2. The lowest BCUT2D eigenvalue weighted by Crippen LogP contribution is -2.39. The number of halogens is 2. The highest BCUT2D eigenvalue weighted by Crippen LogP contribution is 2.27. The van der Waals surface area contributed by atoms with Crippen molar-refractivity contribution in [3.8, 4) is 5.75 Å². The van der Waals surface area contributed by atoms with Crippen LogP contribution in [0.1, 0.15) is 12.8 Å². The average Bonchev–Trinajstić information content (AvgIpc) is 2.38. The van der Waals surface area contributed by atoms with E-state index in [0.717, 1.165) is 19.4 Å². The highest BCUT2D eigenvalue weighted by Gasteiger charge is 2.26. The average molecular weight is 320 g/mol. The van der Waals surface area contributed by atoms with E-state index in [1.807, 2.05) is 0 Å². The van der Waals surface area contributed by atoms with E-state index >= 15 is 0 Å². The summed E-state index contributed by atoms with van der Waals surface area (Å²) in [6, 6.07) is 5.00. The molecule has 4 nitrogen and oxygen atoms in total. The summed E-state index contributed by atoms with van der Waals surface area (Å²) < 4.78 is 5.45. The molecule has 0 amide bonds. The van der Waals surface area contributed by atoms with Crippen molar-refractivity contribution in [3.63, 3.8) is 0 Å². The summed E-state index contributed by atoms with van der Waals surface area (Å²) in [4.78, 5) is 0. The van der Waals surface area contributed by atoms with Crippen molar-refractivity contribution in [2.45, 2.75) is 25.0 Å². The molecule has 2 rings (SSSR count). The van der Waals surface area contributed by atoms with E-state index in [1.165, 1.54) is 0 Å². The third kappa shape index (κ3) is 4.79. The maximum Gasteiger partial charge on any atom is 0.121 e. The van der Waals surface area contributed by atoms with Crippen LogP contribution in [0.5, 0.6) is 5.75 Å². The summed E-state index contributed by atoms with van der Waals surface area (Å²) in [6.07, 6.45) is 0.977. The van der Waals surface area contributed by atoms with E-state index in [1.54, 1.807) is 18.2 Å². The van der Waals surface area contributed by atoms with Gasteiger partial charge in [-0.25, -0.2) is 0 Å². The molecule has 0 aromatic heterocycles. The topological polar surface area (TPSA) is 61.7 Å². The Balaban J connectivity index is 1.61. The summed E-state index contributed by atoms with van der Waals surface area (Å²) >= 11 is 11.7. The zero-order valence-electron chi connectivity index (χ0n) is 11.1. The highest BCUT2D eigenvalue weighted by atomic mass is 35.5. The zero-order chi connectivity index (χ0) is 14.5. The molecule has 1 fully saturated rings. The third-order valence-electron chi connectivity index (χ3n) is 3.36. The first-order valence-electron chi connectivity index (χ1n) is 6.69. The van der Waals surface area contributed by atoms with Gasteiger partial charge in [0.15, 0.2) is 0 Å². The van der Waals surface area contributed by atoms with Crippen molar-refractivity contribution in [1.82, 2.24) is 5.32 Å². The Morgan fingerprint density at radius 2 is 2.05 bits per heavy atom. The van der Waals surface area contributed by atoms with E-state index in [4.69, 9.17) is 33.0 Å². The summed E-state index contributed by atoms with van der Waals surface area (Å²) in [7, 11) is 0.